The minimum atomic E-state index is -0.0746. The van der Waals surface area contributed by atoms with E-state index in [1.54, 1.807) is 12.3 Å². The van der Waals surface area contributed by atoms with Gasteiger partial charge in [-0.15, -0.1) is 0 Å². The first-order valence-corrected chi connectivity index (χ1v) is 8.05. The maximum absolute atomic E-state index is 12.3. The lowest BCUT2D eigenvalue weighted by molar-refractivity contribution is 0.0922. The van der Waals surface area contributed by atoms with Crippen molar-refractivity contribution in [2.24, 2.45) is 0 Å². The second-order valence-corrected chi connectivity index (χ2v) is 5.83. The molecule has 0 radical (unpaired) electrons. The van der Waals surface area contributed by atoms with Crippen LogP contribution >= 0.6 is 0 Å². The SMILES string of the molecule is CCCCN(C)c1nccc(C(=O)NC2CCCCC2)n1. The first kappa shape index (κ1) is 15.7. The number of nitrogens with one attached hydrogen (secondary N) is 1. The molecule has 116 valence electrons. The third-order valence-electron chi connectivity index (χ3n) is 4.00. The van der Waals surface area contributed by atoms with Crippen molar-refractivity contribution in [2.45, 2.75) is 57.9 Å². The molecule has 0 spiro atoms. The van der Waals surface area contributed by atoms with E-state index in [1.807, 2.05) is 11.9 Å². The van der Waals surface area contributed by atoms with Gasteiger partial charge in [-0.25, -0.2) is 9.97 Å². The summed E-state index contributed by atoms with van der Waals surface area (Å²) in [7, 11) is 1.97. The molecule has 1 aliphatic carbocycles. The number of unbranched alkanes of at least 4 members (excludes halogenated alkanes) is 1. The van der Waals surface area contributed by atoms with Gasteiger partial charge in [-0.2, -0.15) is 0 Å². The molecule has 1 saturated carbocycles. The zero-order chi connectivity index (χ0) is 15.1. The third kappa shape index (κ3) is 4.69. The first-order chi connectivity index (χ1) is 10.2. The molecule has 1 amide bonds. The number of hydrogen-bond donors (Lipinski definition) is 1. The molecule has 0 aromatic carbocycles. The van der Waals surface area contributed by atoms with Gasteiger partial charge in [0.25, 0.3) is 5.91 Å². The van der Waals surface area contributed by atoms with Crippen molar-refractivity contribution in [3.8, 4) is 0 Å². The smallest absolute Gasteiger partial charge is 0.270 e. The van der Waals surface area contributed by atoms with Crippen LogP contribution in [0.1, 0.15) is 62.4 Å². The average Bonchev–Trinajstić information content (AvgIpc) is 2.53. The van der Waals surface area contributed by atoms with Gasteiger partial charge < -0.3 is 10.2 Å². The highest BCUT2D eigenvalue weighted by Gasteiger charge is 2.18. The molecule has 5 heteroatoms. The average molecular weight is 290 g/mol. The second kappa shape index (κ2) is 7.96. The lowest BCUT2D eigenvalue weighted by Crippen LogP contribution is -2.36. The van der Waals surface area contributed by atoms with Crippen LogP contribution in [0.3, 0.4) is 0 Å². The molecular formula is C16H26N4O. The quantitative estimate of drug-likeness (QED) is 0.875. The van der Waals surface area contributed by atoms with E-state index in [2.05, 4.69) is 22.2 Å². The van der Waals surface area contributed by atoms with Gasteiger partial charge in [0.15, 0.2) is 0 Å². The highest BCUT2D eigenvalue weighted by Crippen LogP contribution is 2.17. The summed E-state index contributed by atoms with van der Waals surface area (Å²) < 4.78 is 0. The second-order valence-electron chi connectivity index (χ2n) is 5.83. The fourth-order valence-electron chi connectivity index (χ4n) is 2.66. The van der Waals surface area contributed by atoms with Gasteiger partial charge in [-0.05, 0) is 25.3 Å². The van der Waals surface area contributed by atoms with E-state index in [1.165, 1.54) is 19.3 Å². The summed E-state index contributed by atoms with van der Waals surface area (Å²) >= 11 is 0. The largest absolute Gasteiger partial charge is 0.348 e. The van der Waals surface area contributed by atoms with Gasteiger partial charge in [0.1, 0.15) is 5.69 Å². The Balaban J connectivity index is 1.97. The topological polar surface area (TPSA) is 58.1 Å². The number of hydrogen-bond acceptors (Lipinski definition) is 4. The molecule has 2 rings (SSSR count). The van der Waals surface area contributed by atoms with Crippen LogP contribution in [0.5, 0.6) is 0 Å². The highest BCUT2D eigenvalue weighted by atomic mass is 16.1. The van der Waals surface area contributed by atoms with Gasteiger partial charge in [0.05, 0.1) is 0 Å². The molecule has 0 bridgehead atoms. The predicted molar refractivity (Wildman–Crippen MR) is 84.5 cm³/mol. The Morgan fingerprint density at radius 3 is 2.86 bits per heavy atom. The number of rotatable bonds is 6. The standard InChI is InChI=1S/C16H26N4O/c1-3-4-12-20(2)16-17-11-10-14(19-16)15(21)18-13-8-6-5-7-9-13/h10-11,13H,3-9,12H2,1-2H3,(H,18,21). The van der Waals surface area contributed by atoms with Crippen LogP contribution in [-0.4, -0.2) is 35.5 Å². The Bertz CT molecular complexity index is 457. The fraction of sp³-hybridized carbons (Fsp3) is 0.688. The van der Waals surface area contributed by atoms with Gasteiger partial charge in [-0.1, -0.05) is 32.6 Å². The summed E-state index contributed by atoms with van der Waals surface area (Å²) in [5, 5.41) is 3.10. The van der Waals surface area contributed by atoms with Gasteiger partial charge in [-0.3, -0.25) is 4.79 Å². The Kier molecular flexibility index (Phi) is 5.96. The number of aromatic nitrogens is 2. The van der Waals surface area contributed by atoms with Crippen molar-refractivity contribution in [1.82, 2.24) is 15.3 Å². The number of nitrogens with zero attached hydrogens (tertiary/aromatic N) is 3. The number of amides is 1. The highest BCUT2D eigenvalue weighted by molar-refractivity contribution is 5.92. The molecule has 1 aromatic rings. The molecule has 5 nitrogen and oxygen atoms in total. The maximum atomic E-state index is 12.3. The monoisotopic (exact) mass is 290 g/mol. The molecule has 1 heterocycles. The Hall–Kier alpha value is -1.65. The van der Waals surface area contributed by atoms with E-state index in [-0.39, 0.29) is 5.91 Å². The van der Waals surface area contributed by atoms with Gasteiger partial charge >= 0.3 is 0 Å². The van der Waals surface area contributed by atoms with E-state index in [0.29, 0.717) is 17.7 Å². The molecule has 0 atom stereocenters. The minimum absolute atomic E-state index is 0.0746. The first-order valence-electron chi connectivity index (χ1n) is 8.05. The summed E-state index contributed by atoms with van der Waals surface area (Å²) in [5.41, 5.74) is 0.467. The molecular weight excluding hydrogens is 264 g/mol. The van der Waals surface area contributed by atoms with E-state index in [9.17, 15) is 4.79 Å². The fourth-order valence-corrected chi connectivity index (χ4v) is 2.66. The van der Waals surface area contributed by atoms with E-state index < -0.39 is 0 Å². The maximum Gasteiger partial charge on any atom is 0.270 e. The van der Waals surface area contributed by atoms with Crippen LogP contribution in [-0.2, 0) is 0 Å². The minimum Gasteiger partial charge on any atom is -0.348 e. The summed E-state index contributed by atoms with van der Waals surface area (Å²) in [5.74, 6) is 0.550. The van der Waals surface area contributed by atoms with Gasteiger partial charge in [0, 0.05) is 25.8 Å². The van der Waals surface area contributed by atoms with Crippen LogP contribution in [0.15, 0.2) is 12.3 Å². The zero-order valence-corrected chi connectivity index (χ0v) is 13.1. The molecule has 21 heavy (non-hydrogen) atoms. The Morgan fingerprint density at radius 1 is 1.38 bits per heavy atom. The van der Waals surface area contributed by atoms with Crippen LogP contribution in [0.25, 0.3) is 0 Å². The number of carbonyl (C=O) groups is 1. The van der Waals surface area contributed by atoms with Gasteiger partial charge in [0.2, 0.25) is 5.95 Å². The molecule has 1 aliphatic rings. The molecule has 1 aromatic heterocycles. The van der Waals surface area contributed by atoms with Crippen molar-refractivity contribution >= 4 is 11.9 Å². The van der Waals surface area contributed by atoms with E-state index in [0.717, 1.165) is 32.2 Å². The molecule has 0 saturated heterocycles. The molecule has 1 fully saturated rings. The van der Waals surface area contributed by atoms with Crippen molar-refractivity contribution in [1.29, 1.82) is 0 Å². The molecule has 1 N–H and O–H groups in total. The van der Waals surface area contributed by atoms with Crippen LogP contribution < -0.4 is 10.2 Å². The predicted octanol–water partition coefficient (Wildman–Crippen LogP) is 2.78. The van der Waals surface area contributed by atoms with Crippen LogP contribution in [0, 0.1) is 0 Å². The van der Waals surface area contributed by atoms with Crippen molar-refractivity contribution < 1.29 is 4.79 Å². The summed E-state index contributed by atoms with van der Waals surface area (Å²) in [6.45, 7) is 3.06. The van der Waals surface area contributed by atoms with E-state index >= 15 is 0 Å². The number of carbonyl (C=O) groups excluding carboxylic acids is 1. The normalized spacial score (nSPS) is 15.7. The Morgan fingerprint density at radius 2 is 2.14 bits per heavy atom. The van der Waals surface area contributed by atoms with Crippen LogP contribution in [0.4, 0.5) is 5.95 Å². The Labute approximate surface area is 127 Å². The van der Waals surface area contributed by atoms with E-state index in [4.69, 9.17) is 0 Å². The van der Waals surface area contributed by atoms with Crippen LogP contribution in [0.2, 0.25) is 0 Å². The lowest BCUT2D eigenvalue weighted by Gasteiger charge is -2.22. The third-order valence-corrected chi connectivity index (χ3v) is 4.00. The molecule has 0 unspecified atom stereocenters. The summed E-state index contributed by atoms with van der Waals surface area (Å²) in [6.07, 6.45) is 9.76. The van der Waals surface area contributed by atoms with Crippen molar-refractivity contribution in [2.75, 3.05) is 18.5 Å². The zero-order valence-electron chi connectivity index (χ0n) is 13.1. The van der Waals surface area contributed by atoms with Crippen molar-refractivity contribution in [3.05, 3.63) is 18.0 Å². The summed E-state index contributed by atoms with van der Waals surface area (Å²) in [6, 6.07) is 2.00. The number of anilines is 1. The molecule has 0 aliphatic heterocycles. The van der Waals surface area contributed by atoms with Crippen molar-refractivity contribution in [3.63, 3.8) is 0 Å². The summed E-state index contributed by atoms with van der Waals surface area (Å²) in [4.78, 5) is 22.9. The lowest BCUT2D eigenvalue weighted by atomic mass is 9.95.